The number of benzene rings is 1. The summed E-state index contributed by atoms with van der Waals surface area (Å²) in [6, 6.07) is 6.35. The summed E-state index contributed by atoms with van der Waals surface area (Å²) in [5.74, 6) is -0.265. The molecule has 3 rings (SSSR count). The van der Waals surface area contributed by atoms with Crippen LogP contribution in [-0.2, 0) is 10.0 Å². The molecule has 0 aliphatic carbocycles. The van der Waals surface area contributed by atoms with E-state index in [1.165, 1.54) is 6.07 Å². The first-order chi connectivity index (χ1) is 12.4. The molecule has 1 amide bonds. The largest absolute Gasteiger partial charge is 0.304 e. The van der Waals surface area contributed by atoms with Crippen molar-refractivity contribution in [3.63, 3.8) is 0 Å². The number of hydrazine groups is 1. The van der Waals surface area contributed by atoms with Gasteiger partial charge in [-0.3, -0.25) is 10.2 Å². The molecule has 8 heteroatoms. The minimum Gasteiger partial charge on any atom is -0.304 e. The summed E-state index contributed by atoms with van der Waals surface area (Å²) in [5.41, 5.74) is 3.25. The molecule has 2 fully saturated rings. The number of likely N-dealkylation sites (N-methyl/N-ethyl adjacent to an activating group) is 1. The van der Waals surface area contributed by atoms with Crippen LogP contribution in [0.2, 0.25) is 0 Å². The van der Waals surface area contributed by atoms with Gasteiger partial charge in [0.05, 0.1) is 4.90 Å². The highest BCUT2D eigenvalue weighted by molar-refractivity contribution is 7.89. The van der Waals surface area contributed by atoms with Crippen molar-refractivity contribution in [1.82, 2.24) is 19.6 Å². The molecule has 2 heterocycles. The van der Waals surface area contributed by atoms with Crippen LogP contribution in [0.25, 0.3) is 0 Å². The van der Waals surface area contributed by atoms with Crippen LogP contribution < -0.4 is 5.43 Å². The second kappa shape index (κ2) is 8.04. The summed E-state index contributed by atoms with van der Waals surface area (Å²) >= 11 is 0. The van der Waals surface area contributed by atoms with E-state index in [0.29, 0.717) is 12.1 Å². The van der Waals surface area contributed by atoms with E-state index >= 15 is 0 Å². The normalized spacial score (nSPS) is 23.7. The Bertz CT molecular complexity index is 745. The van der Waals surface area contributed by atoms with Crippen LogP contribution in [-0.4, -0.2) is 74.4 Å². The number of amides is 1. The number of piperazine rings is 1. The zero-order valence-electron chi connectivity index (χ0n) is 15.5. The number of hydrogen-bond donors (Lipinski definition) is 1. The predicted octanol–water partition coefficient (Wildman–Crippen LogP) is 1.14. The standard InChI is InChI=1S/C18H28N4O3S/c1-15-6-3-4-9-22(15)26(24,25)17-8-5-7-16(14-17)18(23)19-21-12-10-20(2)11-13-21/h5,7-8,14-15H,3-4,6,9-13H2,1-2H3,(H,19,23)/t15-/m0/s1. The van der Waals surface area contributed by atoms with Crippen molar-refractivity contribution in [1.29, 1.82) is 0 Å². The van der Waals surface area contributed by atoms with Gasteiger partial charge in [-0.15, -0.1) is 0 Å². The number of rotatable bonds is 4. The van der Waals surface area contributed by atoms with E-state index in [-0.39, 0.29) is 16.8 Å². The number of nitrogens with one attached hydrogen (secondary N) is 1. The number of carbonyl (C=O) groups is 1. The zero-order chi connectivity index (χ0) is 18.7. The van der Waals surface area contributed by atoms with Crippen molar-refractivity contribution in [2.24, 2.45) is 0 Å². The molecular weight excluding hydrogens is 352 g/mol. The minimum atomic E-state index is -3.57. The lowest BCUT2D eigenvalue weighted by molar-refractivity contribution is 0.0662. The van der Waals surface area contributed by atoms with Gasteiger partial charge < -0.3 is 4.90 Å². The SMILES string of the molecule is C[C@H]1CCCCN1S(=O)(=O)c1cccc(C(=O)NN2CCN(C)CC2)c1. The van der Waals surface area contributed by atoms with E-state index in [2.05, 4.69) is 17.4 Å². The molecule has 2 aliphatic heterocycles. The molecule has 2 aliphatic rings. The maximum absolute atomic E-state index is 13.0. The van der Waals surface area contributed by atoms with Crippen molar-refractivity contribution in [3.05, 3.63) is 29.8 Å². The van der Waals surface area contributed by atoms with Crippen molar-refractivity contribution in [2.75, 3.05) is 39.8 Å². The Morgan fingerprint density at radius 3 is 2.54 bits per heavy atom. The van der Waals surface area contributed by atoms with Crippen LogP contribution in [0.5, 0.6) is 0 Å². The third-order valence-corrected chi connectivity index (χ3v) is 7.22. The van der Waals surface area contributed by atoms with Crippen molar-refractivity contribution < 1.29 is 13.2 Å². The third-order valence-electron chi connectivity index (χ3n) is 5.21. The van der Waals surface area contributed by atoms with Gasteiger partial charge >= 0.3 is 0 Å². The predicted molar refractivity (Wildman–Crippen MR) is 100 cm³/mol. The number of carbonyl (C=O) groups excluding carboxylic acids is 1. The molecule has 2 saturated heterocycles. The van der Waals surface area contributed by atoms with Gasteiger partial charge in [-0.1, -0.05) is 12.5 Å². The van der Waals surface area contributed by atoms with E-state index in [1.54, 1.807) is 22.5 Å². The second-order valence-electron chi connectivity index (χ2n) is 7.22. The number of sulfonamides is 1. The maximum Gasteiger partial charge on any atom is 0.265 e. The van der Waals surface area contributed by atoms with Crippen molar-refractivity contribution in [3.8, 4) is 0 Å². The Hall–Kier alpha value is -1.48. The van der Waals surface area contributed by atoms with Gasteiger partial charge in [0.15, 0.2) is 0 Å². The lowest BCUT2D eigenvalue weighted by atomic mass is 10.1. The molecule has 144 valence electrons. The molecule has 0 radical (unpaired) electrons. The molecule has 1 aromatic rings. The first kappa shape index (κ1) is 19.3. The van der Waals surface area contributed by atoms with Gasteiger partial charge in [0.25, 0.3) is 5.91 Å². The number of hydrogen-bond acceptors (Lipinski definition) is 5. The minimum absolute atomic E-state index is 0.00317. The van der Waals surface area contributed by atoms with Crippen LogP contribution in [0.4, 0.5) is 0 Å². The zero-order valence-corrected chi connectivity index (χ0v) is 16.3. The van der Waals surface area contributed by atoms with Crippen LogP contribution >= 0.6 is 0 Å². The summed E-state index contributed by atoms with van der Waals surface area (Å²) in [6.45, 7) is 5.78. The van der Waals surface area contributed by atoms with Gasteiger partial charge in [0.1, 0.15) is 0 Å². The van der Waals surface area contributed by atoms with Gasteiger partial charge in [-0.25, -0.2) is 13.4 Å². The molecular formula is C18H28N4O3S. The first-order valence-corrected chi connectivity index (χ1v) is 10.7. The summed E-state index contributed by atoms with van der Waals surface area (Å²) < 4.78 is 27.5. The van der Waals surface area contributed by atoms with Gasteiger partial charge in [-0.05, 0) is 45.0 Å². The molecule has 1 aromatic carbocycles. The summed E-state index contributed by atoms with van der Waals surface area (Å²) in [6.07, 6.45) is 2.82. The molecule has 1 N–H and O–H groups in total. The molecule has 26 heavy (non-hydrogen) atoms. The van der Waals surface area contributed by atoms with E-state index < -0.39 is 10.0 Å². The fourth-order valence-electron chi connectivity index (χ4n) is 3.49. The van der Waals surface area contributed by atoms with Crippen LogP contribution in [0, 0.1) is 0 Å². The number of nitrogens with zero attached hydrogens (tertiary/aromatic N) is 3. The lowest BCUT2D eigenvalue weighted by Gasteiger charge is -2.33. The molecule has 0 bridgehead atoms. The quantitative estimate of drug-likeness (QED) is 0.848. The maximum atomic E-state index is 13.0. The summed E-state index contributed by atoms with van der Waals surface area (Å²) in [7, 11) is -1.52. The van der Waals surface area contributed by atoms with Crippen LogP contribution in [0.15, 0.2) is 29.2 Å². The van der Waals surface area contributed by atoms with E-state index in [1.807, 2.05) is 11.9 Å². The van der Waals surface area contributed by atoms with Gasteiger partial charge in [0.2, 0.25) is 10.0 Å². The summed E-state index contributed by atoms with van der Waals surface area (Å²) in [4.78, 5) is 14.9. The highest BCUT2D eigenvalue weighted by Crippen LogP contribution is 2.25. The summed E-state index contributed by atoms with van der Waals surface area (Å²) in [5, 5.41) is 1.89. The van der Waals surface area contributed by atoms with Crippen LogP contribution in [0.1, 0.15) is 36.5 Å². The van der Waals surface area contributed by atoms with E-state index in [9.17, 15) is 13.2 Å². The monoisotopic (exact) mass is 380 g/mol. The Kier molecular flexibility index (Phi) is 5.96. The van der Waals surface area contributed by atoms with Crippen molar-refractivity contribution in [2.45, 2.75) is 37.1 Å². The topological polar surface area (TPSA) is 73.0 Å². The Labute approximate surface area is 156 Å². The first-order valence-electron chi connectivity index (χ1n) is 9.24. The average molecular weight is 381 g/mol. The molecule has 0 unspecified atom stereocenters. The highest BCUT2D eigenvalue weighted by atomic mass is 32.2. The number of piperidine rings is 1. The molecule has 0 spiro atoms. The highest BCUT2D eigenvalue weighted by Gasteiger charge is 2.31. The van der Waals surface area contributed by atoms with E-state index in [0.717, 1.165) is 45.4 Å². The second-order valence-corrected chi connectivity index (χ2v) is 9.11. The molecule has 0 saturated carbocycles. The Balaban J connectivity index is 1.74. The smallest absolute Gasteiger partial charge is 0.265 e. The lowest BCUT2D eigenvalue weighted by Crippen LogP contribution is -2.52. The Morgan fingerprint density at radius 1 is 1.12 bits per heavy atom. The van der Waals surface area contributed by atoms with Crippen LogP contribution in [0.3, 0.4) is 0 Å². The molecule has 0 aromatic heterocycles. The Morgan fingerprint density at radius 2 is 1.85 bits per heavy atom. The van der Waals surface area contributed by atoms with Gasteiger partial charge in [-0.2, -0.15) is 4.31 Å². The fourth-order valence-corrected chi connectivity index (χ4v) is 5.23. The molecule has 7 nitrogen and oxygen atoms in total. The average Bonchev–Trinajstić information content (AvgIpc) is 2.64. The molecule has 1 atom stereocenters. The third kappa shape index (κ3) is 4.25. The fraction of sp³-hybridized carbons (Fsp3) is 0.611. The van der Waals surface area contributed by atoms with Crippen molar-refractivity contribution >= 4 is 15.9 Å². The van der Waals surface area contributed by atoms with Gasteiger partial charge in [0, 0.05) is 44.3 Å². The van der Waals surface area contributed by atoms with E-state index in [4.69, 9.17) is 0 Å².